The summed E-state index contributed by atoms with van der Waals surface area (Å²) >= 11 is 0. The van der Waals surface area contributed by atoms with E-state index in [1.165, 1.54) is 21.8 Å². The SMILES string of the molecule is CCCN(CCC)CN1C[C@@H](Cn2c3ccccc3c3ccccc32)OC1=O. The number of fused-ring (bicyclic) bond motifs is 3. The van der Waals surface area contributed by atoms with Crippen molar-refractivity contribution in [3.63, 3.8) is 0 Å². The molecule has 3 aromatic rings. The average Bonchev–Trinajstić information content (AvgIpc) is 3.21. The van der Waals surface area contributed by atoms with Gasteiger partial charge in [-0.2, -0.15) is 0 Å². The highest BCUT2D eigenvalue weighted by Gasteiger charge is 2.32. The van der Waals surface area contributed by atoms with Gasteiger partial charge in [-0.3, -0.25) is 9.80 Å². The molecule has 0 bridgehead atoms. The number of carbonyl (C=O) groups excluding carboxylic acids is 1. The molecule has 0 unspecified atom stereocenters. The quantitative estimate of drug-likeness (QED) is 0.570. The highest BCUT2D eigenvalue weighted by Crippen LogP contribution is 2.29. The van der Waals surface area contributed by atoms with E-state index in [-0.39, 0.29) is 12.2 Å². The second kappa shape index (κ2) is 8.23. The summed E-state index contributed by atoms with van der Waals surface area (Å²) in [6.07, 6.45) is 1.86. The molecule has 2 heterocycles. The molecule has 1 aliphatic rings. The van der Waals surface area contributed by atoms with E-state index in [2.05, 4.69) is 71.8 Å². The lowest BCUT2D eigenvalue weighted by Gasteiger charge is -2.25. The maximum absolute atomic E-state index is 12.5. The minimum absolute atomic E-state index is 0.128. The zero-order valence-corrected chi connectivity index (χ0v) is 16.8. The lowest BCUT2D eigenvalue weighted by Crippen LogP contribution is -2.39. The Balaban J connectivity index is 1.54. The fourth-order valence-corrected chi connectivity index (χ4v) is 4.32. The number of benzene rings is 2. The number of nitrogens with zero attached hydrogens (tertiary/aromatic N) is 3. The Morgan fingerprint density at radius 2 is 1.54 bits per heavy atom. The van der Waals surface area contributed by atoms with Gasteiger partial charge in [-0.1, -0.05) is 50.2 Å². The van der Waals surface area contributed by atoms with E-state index in [1.807, 2.05) is 4.90 Å². The Kier molecular flexibility index (Phi) is 5.53. The Labute approximate surface area is 166 Å². The molecule has 0 saturated carbocycles. The predicted molar refractivity (Wildman–Crippen MR) is 113 cm³/mol. The fraction of sp³-hybridized carbons (Fsp3) is 0.435. The van der Waals surface area contributed by atoms with Crippen LogP contribution in [0.4, 0.5) is 4.79 Å². The molecule has 1 amide bonds. The number of amides is 1. The molecule has 28 heavy (non-hydrogen) atoms. The van der Waals surface area contributed by atoms with Crippen LogP contribution in [-0.4, -0.2) is 52.9 Å². The number of cyclic esters (lactones) is 1. The Morgan fingerprint density at radius 3 is 2.11 bits per heavy atom. The first-order chi connectivity index (χ1) is 13.7. The fourth-order valence-electron chi connectivity index (χ4n) is 4.32. The third-order valence-corrected chi connectivity index (χ3v) is 5.47. The van der Waals surface area contributed by atoms with Gasteiger partial charge in [-0.15, -0.1) is 0 Å². The largest absolute Gasteiger partial charge is 0.442 e. The highest BCUT2D eigenvalue weighted by molar-refractivity contribution is 6.07. The second-order valence-electron chi connectivity index (χ2n) is 7.63. The van der Waals surface area contributed by atoms with Crippen molar-refractivity contribution in [3.05, 3.63) is 48.5 Å². The summed E-state index contributed by atoms with van der Waals surface area (Å²) < 4.78 is 8.04. The van der Waals surface area contributed by atoms with Gasteiger partial charge in [-0.25, -0.2) is 4.79 Å². The number of aromatic nitrogens is 1. The first-order valence-corrected chi connectivity index (χ1v) is 10.3. The van der Waals surface area contributed by atoms with Crippen LogP contribution in [0, 0.1) is 0 Å². The summed E-state index contributed by atoms with van der Waals surface area (Å²) in [4.78, 5) is 16.6. The molecule has 1 aliphatic heterocycles. The van der Waals surface area contributed by atoms with Crippen LogP contribution in [0.3, 0.4) is 0 Å². The maximum atomic E-state index is 12.5. The van der Waals surface area contributed by atoms with Crippen molar-refractivity contribution in [2.45, 2.75) is 39.3 Å². The Morgan fingerprint density at radius 1 is 0.964 bits per heavy atom. The van der Waals surface area contributed by atoms with Crippen molar-refractivity contribution < 1.29 is 9.53 Å². The molecule has 0 N–H and O–H groups in total. The van der Waals surface area contributed by atoms with Gasteiger partial charge in [0.05, 0.1) is 19.8 Å². The van der Waals surface area contributed by atoms with Crippen LogP contribution in [0.2, 0.25) is 0 Å². The number of ether oxygens (including phenoxy) is 1. The van der Waals surface area contributed by atoms with Crippen LogP contribution in [0.15, 0.2) is 48.5 Å². The first-order valence-electron chi connectivity index (χ1n) is 10.3. The Bertz CT molecular complexity index is 906. The molecule has 1 saturated heterocycles. The summed E-state index contributed by atoms with van der Waals surface area (Å²) in [5, 5.41) is 2.49. The topological polar surface area (TPSA) is 37.7 Å². The van der Waals surface area contributed by atoms with Gasteiger partial charge in [0.25, 0.3) is 0 Å². The van der Waals surface area contributed by atoms with Gasteiger partial charge in [0, 0.05) is 21.8 Å². The standard InChI is InChI=1S/C23H29N3O2/c1-3-13-24(14-4-2)17-25-15-18(28-23(25)27)16-26-21-11-7-5-9-19(21)20-10-6-8-12-22(20)26/h5-12,18H,3-4,13-17H2,1-2H3/t18-/m0/s1. The molecular formula is C23H29N3O2. The highest BCUT2D eigenvalue weighted by atomic mass is 16.6. The average molecular weight is 380 g/mol. The molecule has 1 atom stereocenters. The van der Waals surface area contributed by atoms with Crippen LogP contribution >= 0.6 is 0 Å². The van der Waals surface area contributed by atoms with Gasteiger partial charge in [0.1, 0.15) is 6.10 Å². The van der Waals surface area contributed by atoms with Gasteiger partial charge in [-0.05, 0) is 38.1 Å². The van der Waals surface area contributed by atoms with E-state index in [0.717, 1.165) is 25.9 Å². The van der Waals surface area contributed by atoms with Crippen molar-refractivity contribution in [3.8, 4) is 0 Å². The van der Waals surface area contributed by atoms with Gasteiger partial charge < -0.3 is 9.30 Å². The monoisotopic (exact) mass is 379 g/mol. The van der Waals surface area contributed by atoms with Crippen molar-refractivity contribution in [1.29, 1.82) is 0 Å². The van der Waals surface area contributed by atoms with Crippen molar-refractivity contribution >= 4 is 27.9 Å². The molecule has 2 aromatic carbocycles. The van der Waals surface area contributed by atoms with Crippen LogP contribution < -0.4 is 0 Å². The van der Waals surface area contributed by atoms with Crippen LogP contribution in [-0.2, 0) is 11.3 Å². The van der Waals surface area contributed by atoms with E-state index in [1.54, 1.807) is 0 Å². The van der Waals surface area contributed by atoms with E-state index in [9.17, 15) is 4.79 Å². The second-order valence-corrected chi connectivity index (χ2v) is 7.63. The predicted octanol–water partition coefficient (Wildman–Crippen LogP) is 4.69. The van der Waals surface area contributed by atoms with E-state index < -0.39 is 0 Å². The van der Waals surface area contributed by atoms with Crippen molar-refractivity contribution in [2.75, 3.05) is 26.3 Å². The minimum Gasteiger partial charge on any atom is -0.442 e. The van der Waals surface area contributed by atoms with E-state index in [0.29, 0.717) is 19.8 Å². The molecule has 1 fully saturated rings. The minimum atomic E-state index is -0.192. The molecule has 1 aromatic heterocycles. The smallest absolute Gasteiger partial charge is 0.411 e. The van der Waals surface area contributed by atoms with Gasteiger partial charge in [0.15, 0.2) is 0 Å². The van der Waals surface area contributed by atoms with Crippen molar-refractivity contribution in [1.82, 2.24) is 14.4 Å². The number of hydrogen-bond donors (Lipinski definition) is 0. The first kappa shape index (κ1) is 18.8. The number of para-hydroxylation sites is 2. The zero-order chi connectivity index (χ0) is 19.5. The van der Waals surface area contributed by atoms with Crippen molar-refractivity contribution in [2.24, 2.45) is 0 Å². The van der Waals surface area contributed by atoms with E-state index >= 15 is 0 Å². The summed E-state index contributed by atoms with van der Waals surface area (Å²) in [6, 6.07) is 16.9. The summed E-state index contributed by atoms with van der Waals surface area (Å²) in [7, 11) is 0. The number of hydrogen-bond acceptors (Lipinski definition) is 3. The number of rotatable bonds is 8. The molecule has 148 valence electrons. The maximum Gasteiger partial charge on any atom is 0.411 e. The molecule has 5 heteroatoms. The van der Waals surface area contributed by atoms with Gasteiger partial charge >= 0.3 is 6.09 Å². The Hall–Kier alpha value is -2.53. The normalized spacial score (nSPS) is 17.2. The summed E-state index contributed by atoms with van der Waals surface area (Å²) in [6.45, 7) is 8.35. The number of carbonyl (C=O) groups is 1. The third-order valence-electron chi connectivity index (χ3n) is 5.47. The third kappa shape index (κ3) is 3.59. The lowest BCUT2D eigenvalue weighted by molar-refractivity contribution is 0.116. The molecular weight excluding hydrogens is 350 g/mol. The van der Waals surface area contributed by atoms with Crippen LogP contribution in [0.1, 0.15) is 26.7 Å². The molecule has 0 radical (unpaired) electrons. The molecule has 5 nitrogen and oxygen atoms in total. The van der Waals surface area contributed by atoms with Gasteiger partial charge in [0.2, 0.25) is 0 Å². The lowest BCUT2D eigenvalue weighted by atomic mass is 10.2. The zero-order valence-electron chi connectivity index (χ0n) is 16.8. The molecule has 0 aliphatic carbocycles. The van der Waals surface area contributed by atoms with E-state index in [4.69, 9.17) is 4.74 Å². The summed E-state index contributed by atoms with van der Waals surface area (Å²) in [5.41, 5.74) is 2.38. The molecule has 0 spiro atoms. The summed E-state index contributed by atoms with van der Waals surface area (Å²) in [5.74, 6) is 0. The van der Waals surface area contributed by atoms with Crippen LogP contribution in [0.25, 0.3) is 21.8 Å². The van der Waals surface area contributed by atoms with Crippen LogP contribution in [0.5, 0.6) is 0 Å². The molecule has 4 rings (SSSR count).